The molecule has 38 heavy (non-hydrogen) atoms. The van der Waals surface area contributed by atoms with E-state index < -0.39 is 85.8 Å². The summed E-state index contributed by atoms with van der Waals surface area (Å²) in [6.07, 6.45) is -6.07. The third-order valence-corrected chi connectivity index (χ3v) is 6.81. The number of alkyl halides is 3. The summed E-state index contributed by atoms with van der Waals surface area (Å²) in [5.41, 5.74) is -2.24. The minimum Gasteiger partial charge on any atom is -0.478 e. The minimum atomic E-state index is -4.95. The second-order valence-corrected chi connectivity index (χ2v) is 11.2. The smallest absolute Gasteiger partial charge is 0.478 e. The monoisotopic (exact) mass is 562 g/mol. The molecule has 1 heterocycles. The zero-order valence-corrected chi connectivity index (χ0v) is 20.9. The molecule has 0 radical (unpaired) electrons. The van der Waals surface area contributed by atoms with Crippen molar-refractivity contribution in [3.05, 3.63) is 53.3 Å². The Bertz CT molecular complexity index is 1370. The second kappa shape index (κ2) is 10.1. The van der Waals surface area contributed by atoms with E-state index in [9.17, 15) is 45.5 Å². The standard InChI is InChI=1S/C23H22F4N2O8S/c1-22(2,3)37-21(33)28-16-11-38(34,35)18-9-15(24)14(20(31)32)8-17(18)29(19(16)30)10-12-4-6-13(7-5-12)36-23(25,26)27/h4-9,16H,10-11H2,1-3H3,(H,28,33)(H,31,32)/t16-/m0/s1. The van der Waals surface area contributed by atoms with Gasteiger partial charge in [0, 0.05) is 0 Å². The lowest BCUT2D eigenvalue weighted by atomic mass is 10.1. The molecular formula is C23H22F4N2O8S. The normalized spacial score (nSPS) is 17.3. The number of carbonyl (C=O) groups is 3. The predicted octanol–water partition coefficient (Wildman–Crippen LogP) is 3.64. The van der Waals surface area contributed by atoms with Crippen LogP contribution in [0, 0.1) is 5.82 Å². The van der Waals surface area contributed by atoms with Crippen molar-refractivity contribution in [2.75, 3.05) is 10.7 Å². The number of ether oxygens (including phenoxy) is 2. The molecule has 0 fully saturated rings. The maximum Gasteiger partial charge on any atom is 0.573 e. The molecule has 206 valence electrons. The Morgan fingerprint density at radius 2 is 1.74 bits per heavy atom. The fraction of sp³-hybridized carbons (Fsp3) is 0.348. The summed E-state index contributed by atoms with van der Waals surface area (Å²) in [6.45, 7) is 4.11. The Kier molecular flexibility index (Phi) is 7.64. The van der Waals surface area contributed by atoms with Crippen molar-refractivity contribution in [1.29, 1.82) is 0 Å². The first-order valence-electron chi connectivity index (χ1n) is 10.8. The van der Waals surface area contributed by atoms with Crippen LogP contribution in [0.4, 0.5) is 28.0 Å². The van der Waals surface area contributed by atoms with Crippen LogP contribution in [0.15, 0.2) is 41.3 Å². The first kappa shape index (κ1) is 28.7. The number of alkyl carbamates (subject to hydrolysis) is 1. The van der Waals surface area contributed by atoms with E-state index in [-0.39, 0.29) is 5.56 Å². The van der Waals surface area contributed by atoms with E-state index in [0.29, 0.717) is 12.1 Å². The lowest BCUT2D eigenvalue weighted by molar-refractivity contribution is -0.274. The Morgan fingerprint density at radius 3 is 2.26 bits per heavy atom. The van der Waals surface area contributed by atoms with Gasteiger partial charge in [-0.05, 0) is 50.6 Å². The molecule has 2 aromatic carbocycles. The number of carboxylic acid groups (broad SMARTS) is 1. The van der Waals surface area contributed by atoms with Crippen LogP contribution in [-0.4, -0.2) is 55.3 Å². The van der Waals surface area contributed by atoms with E-state index in [4.69, 9.17) is 4.74 Å². The lowest BCUT2D eigenvalue weighted by Crippen LogP contribution is -2.51. The van der Waals surface area contributed by atoms with Crippen LogP contribution in [0.5, 0.6) is 5.75 Å². The fourth-order valence-electron chi connectivity index (χ4n) is 3.55. The predicted molar refractivity (Wildman–Crippen MR) is 123 cm³/mol. The number of carbonyl (C=O) groups excluding carboxylic acids is 2. The molecule has 10 nitrogen and oxygen atoms in total. The lowest BCUT2D eigenvalue weighted by Gasteiger charge is -2.27. The van der Waals surface area contributed by atoms with E-state index in [0.717, 1.165) is 29.2 Å². The van der Waals surface area contributed by atoms with Gasteiger partial charge in [-0.3, -0.25) is 4.79 Å². The summed E-state index contributed by atoms with van der Waals surface area (Å²) < 4.78 is 87.0. The first-order valence-corrected chi connectivity index (χ1v) is 12.5. The number of hydrogen-bond donors (Lipinski definition) is 2. The number of halogens is 4. The first-order chi connectivity index (χ1) is 17.4. The number of fused-ring (bicyclic) bond motifs is 1. The van der Waals surface area contributed by atoms with Gasteiger partial charge in [-0.15, -0.1) is 13.2 Å². The van der Waals surface area contributed by atoms with Crippen molar-refractivity contribution in [1.82, 2.24) is 5.32 Å². The quantitative estimate of drug-likeness (QED) is 0.527. The van der Waals surface area contributed by atoms with Crippen molar-refractivity contribution in [3.8, 4) is 5.75 Å². The molecule has 0 saturated heterocycles. The van der Waals surface area contributed by atoms with Gasteiger partial charge in [-0.2, -0.15) is 0 Å². The van der Waals surface area contributed by atoms with E-state index in [2.05, 4.69) is 10.1 Å². The maximum absolute atomic E-state index is 14.5. The Labute approximate surface area is 214 Å². The van der Waals surface area contributed by atoms with Crippen LogP contribution in [-0.2, 0) is 25.9 Å². The molecule has 3 rings (SSSR count). The summed E-state index contributed by atoms with van der Waals surface area (Å²) in [5, 5.41) is 11.5. The van der Waals surface area contributed by atoms with Gasteiger partial charge in [0.15, 0.2) is 9.84 Å². The molecule has 0 spiro atoms. The number of benzene rings is 2. The Balaban J connectivity index is 2.09. The molecule has 0 saturated carbocycles. The highest BCUT2D eigenvalue weighted by Gasteiger charge is 2.40. The summed E-state index contributed by atoms with van der Waals surface area (Å²) in [4.78, 5) is 37.5. The number of nitrogens with one attached hydrogen (secondary N) is 1. The number of rotatable bonds is 5. The number of anilines is 1. The third kappa shape index (κ3) is 6.90. The van der Waals surface area contributed by atoms with Gasteiger partial charge in [-0.25, -0.2) is 22.4 Å². The van der Waals surface area contributed by atoms with Gasteiger partial charge < -0.3 is 24.8 Å². The van der Waals surface area contributed by atoms with Crippen LogP contribution in [0.3, 0.4) is 0 Å². The zero-order valence-electron chi connectivity index (χ0n) is 20.1. The highest BCUT2D eigenvalue weighted by molar-refractivity contribution is 7.91. The number of carboxylic acids is 1. The molecule has 0 aromatic heterocycles. The van der Waals surface area contributed by atoms with Crippen molar-refractivity contribution >= 4 is 33.5 Å². The van der Waals surface area contributed by atoms with E-state index in [1.54, 1.807) is 0 Å². The van der Waals surface area contributed by atoms with Crippen LogP contribution >= 0.6 is 0 Å². The number of nitrogens with zero attached hydrogens (tertiary/aromatic N) is 1. The molecule has 2 amide bonds. The van der Waals surface area contributed by atoms with Gasteiger partial charge in [0.1, 0.15) is 23.2 Å². The molecule has 1 aliphatic rings. The van der Waals surface area contributed by atoms with Gasteiger partial charge in [0.2, 0.25) is 0 Å². The topological polar surface area (TPSA) is 139 Å². The van der Waals surface area contributed by atoms with Crippen molar-refractivity contribution in [3.63, 3.8) is 0 Å². The van der Waals surface area contributed by atoms with Gasteiger partial charge in [0.05, 0.1) is 28.4 Å². The summed E-state index contributed by atoms with van der Waals surface area (Å²) in [5.74, 6) is -5.70. The number of hydrogen-bond acceptors (Lipinski definition) is 7. The van der Waals surface area contributed by atoms with Gasteiger partial charge in [0.25, 0.3) is 5.91 Å². The highest BCUT2D eigenvalue weighted by Crippen LogP contribution is 2.34. The van der Waals surface area contributed by atoms with Crippen molar-refractivity contribution < 1.29 is 54.9 Å². The molecule has 0 bridgehead atoms. The molecule has 2 N–H and O–H groups in total. The number of sulfone groups is 1. The highest BCUT2D eigenvalue weighted by atomic mass is 32.2. The molecule has 15 heteroatoms. The fourth-order valence-corrected chi connectivity index (χ4v) is 5.17. The van der Waals surface area contributed by atoms with Crippen LogP contribution in [0.2, 0.25) is 0 Å². The number of aromatic carboxylic acids is 1. The SMILES string of the molecule is CC(C)(C)OC(=O)N[C@H]1CS(=O)(=O)c2cc(F)c(C(=O)O)cc2N(Cc2ccc(OC(F)(F)F)cc2)C1=O. The number of amides is 2. The molecule has 1 atom stereocenters. The molecule has 2 aromatic rings. The molecular weight excluding hydrogens is 540 g/mol. The summed E-state index contributed by atoms with van der Waals surface area (Å²) in [6, 6.07) is 3.62. The van der Waals surface area contributed by atoms with E-state index in [1.807, 2.05) is 0 Å². The van der Waals surface area contributed by atoms with Crippen molar-refractivity contribution in [2.45, 2.75) is 50.2 Å². The minimum absolute atomic E-state index is 0.176. The van der Waals surface area contributed by atoms with Crippen LogP contribution in [0.25, 0.3) is 0 Å². The summed E-state index contributed by atoms with van der Waals surface area (Å²) in [7, 11) is -4.48. The van der Waals surface area contributed by atoms with Gasteiger partial charge in [-0.1, -0.05) is 12.1 Å². The largest absolute Gasteiger partial charge is 0.573 e. The molecule has 0 unspecified atom stereocenters. The van der Waals surface area contributed by atoms with E-state index in [1.165, 1.54) is 20.8 Å². The van der Waals surface area contributed by atoms with Crippen molar-refractivity contribution in [2.24, 2.45) is 0 Å². The van der Waals surface area contributed by atoms with Crippen LogP contribution < -0.4 is 15.0 Å². The Morgan fingerprint density at radius 1 is 1.13 bits per heavy atom. The maximum atomic E-state index is 14.5. The summed E-state index contributed by atoms with van der Waals surface area (Å²) >= 11 is 0. The van der Waals surface area contributed by atoms with Crippen LogP contribution in [0.1, 0.15) is 36.7 Å². The average Bonchev–Trinajstić information content (AvgIpc) is 2.81. The molecule has 0 aliphatic carbocycles. The van der Waals surface area contributed by atoms with E-state index >= 15 is 0 Å². The second-order valence-electron chi connectivity index (χ2n) is 9.20. The van der Waals surface area contributed by atoms with Gasteiger partial charge >= 0.3 is 18.4 Å². The average molecular weight is 562 g/mol. The molecule has 1 aliphatic heterocycles. The zero-order chi connectivity index (χ0) is 28.6. The third-order valence-electron chi connectivity index (χ3n) is 5.04. The Hall–Kier alpha value is -3.88.